The Morgan fingerprint density at radius 2 is 1.95 bits per heavy atom. The highest BCUT2D eigenvalue weighted by Gasteiger charge is 2.31. The lowest BCUT2D eigenvalue weighted by Gasteiger charge is -2.38. The summed E-state index contributed by atoms with van der Waals surface area (Å²) in [5, 5.41) is 11.2. The standard InChI is InChI=1S/C13H14F2N2O4/c14-12(15)21-10-3-1-9(2-4-10)16-13(20)17-6-8(7-17)5-11(18)19/h1-4,8,12H,5-7H2,(H,16,20)(H,18,19). The van der Waals surface area contributed by atoms with Crippen LogP contribution in [0.25, 0.3) is 0 Å². The molecule has 0 bridgehead atoms. The molecule has 114 valence electrons. The molecular formula is C13H14F2N2O4. The number of ether oxygens (including phenoxy) is 1. The molecule has 2 N–H and O–H groups in total. The van der Waals surface area contributed by atoms with Gasteiger partial charge >= 0.3 is 18.6 Å². The maximum Gasteiger partial charge on any atom is 0.387 e. The van der Waals surface area contributed by atoms with Crippen LogP contribution in [0.2, 0.25) is 0 Å². The highest BCUT2D eigenvalue weighted by molar-refractivity contribution is 5.90. The Kier molecular flexibility index (Phi) is 4.56. The fourth-order valence-corrected chi connectivity index (χ4v) is 2.03. The molecule has 0 aromatic heterocycles. The number of carboxylic acids is 1. The van der Waals surface area contributed by atoms with E-state index < -0.39 is 12.6 Å². The predicted octanol–water partition coefficient (Wildman–Crippen LogP) is 2.23. The Bertz CT molecular complexity index is 515. The van der Waals surface area contributed by atoms with Crippen molar-refractivity contribution in [2.45, 2.75) is 13.0 Å². The highest BCUT2D eigenvalue weighted by Crippen LogP contribution is 2.22. The van der Waals surface area contributed by atoms with Gasteiger partial charge in [-0.3, -0.25) is 4.79 Å². The first-order valence-corrected chi connectivity index (χ1v) is 6.26. The number of rotatable bonds is 5. The van der Waals surface area contributed by atoms with Crippen LogP contribution < -0.4 is 10.1 Å². The second-order valence-corrected chi connectivity index (χ2v) is 4.70. The van der Waals surface area contributed by atoms with Crippen LogP contribution in [0.1, 0.15) is 6.42 Å². The molecular weight excluding hydrogens is 286 g/mol. The second-order valence-electron chi connectivity index (χ2n) is 4.70. The summed E-state index contributed by atoms with van der Waals surface area (Å²) >= 11 is 0. The summed E-state index contributed by atoms with van der Waals surface area (Å²) in [6.07, 6.45) is 0.0451. The minimum Gasteiger partial charge on any atom is -0.481 e. The molecule has 0 spiro atoms. The number of aliphatic carboxylic acids is 1. The quantitative estimate of drug-likeness (QED) is 0.874. The van der Waals surface area contributed by atoms with Crippen molar-refractivity contribution in [1.29, 1.82) is 0 Å². The van der Waals surface area contributed by atoms with Gasteiger partial charge in [-0.2, -0.15) is 8.78 Å². The van der Waals surface area contributed by atoms with Gasteiger partial charge in [-0.05, 0) is 24.3 Å². The molecule has 2 rings (SSSR count). The molecule has 0 aliphatic carbocycles. The van der Waals surface area contributed by atoms with Crippen LogP contribution >= 0.6 is 0 Å². The molecule has 2 amide bonds. The smallest absolute Gasteiger partial charge is 0.387 e. The molecule has 0 atom stereocenters. The Morgan fingerprint density at radius 3 is 2.48 bits per heavy atom. The molecule has 1 aromatic rings. The van der Waals surface area contributed by atoms with Gasteiger partial charge in [0.05, 0.1) is 6.42 Å². The zero-order valence-electron chi connectivity index (χ0n) is 11.0. The molecule has 1 saturated heterocycles. The van der Waals surface area contributed by atoms with Crippen LogP contribution in [0.4, 0.5) is 19.3 Å². The van der Waals surface area contributed by atoms with Crippen LogP contribution in [0.3, 0.4) is 0 Å². The Hall–Kier alpha value is -2.38. The van der Waals surface area contributed by atoms with E-state index in [1.54, 1.807) is 0 Å². The molecule has 1 aromatic carbocycles. The average Bonchev–Trinajstić information content (AvgIpc) is 2.34. The third-order valence-electron chi connectivity index (χ3n) is 3.04. The zero-order valence-corrected chi connectivity index (χ0v) is 11.0. The van der Waals surface area contributed by atoms with Crippen molar-refractivity contribution in [2.24, 2.45) is 5.92 Å². The lowest BCUT2D eigenvalue weighted by Crippen LogP contribution is -2.52. The fourth-order valence-electron chi connectivity index (χ4n) is 2.03. The third kappa shape index (κ3) is 4.30. The number of nitrogens with zero attached hydrogens (tertiary/aromatic N) is 1. The number of halogens is 2. The summed E-state index contributed by atoms with van der Waals surface area (Å²) in [7, 11) is 0. The van der Waals surface area contributed by atoms with Crippen LogP contribution in [0.15, 0.2) is 24.3 Å². The predicted molar refractivity (Wildman–Crippen MR) is 69.4 cm³/mol. The van der Waals surface area contributed by atoms with E-state index in [2.05, 4.69) is 10.1 Å². The van der Waals surface area contributed by atoms with E-state index in [-0.39, 0.29) is 24.1 Å². The fraction of sp³-hybridized carbons (Fsp3) is 0.385. The normalized spacial score (nSPS) is 14.7. The molecule has 1 aliphatic heterocycles. The third-order valence-corrected chi connectivity index (χ3v) is 3.04. The van der Waals surface area contributed by atoms with Crippen molar-refractivity contribution in [2.75, 3.05) is 18.4 Å². The minimum absolute atomic E-state index is 0.00784. The molecule has 1 heterocycles. The monoisotopic (exact) mass is 300 g/mol. The molecule has 0 radical (unpaired) electrons. The molecule has 1 aliphatic rings. The number of alkyl halides is 2. The van der Waals surface area contributed by atoms with Gasteiger partial charge in [0, 0.05) is 24.7 Å². The highest BCUT2D eigenvalue weighted by atomic mass is 19.3. The Balaban J connectivity index is 1.80. The van der Waals surface area contributed by atoms with E-state index >= 15 is 0 Å². The molecule has 8 heteroatoms. The topological polar surface area (TPSA) is 78.9 Å². The number of nitrogens with one attached hydrogen (secondary N) is 1. The van der Waals surface area contributed by atoms with Gasteiger partial charge in [0.1, 0.15) is 5.75 Å². The van der Waals surface area contributed by atoms with Gasteiger partial charge in [0.15, 0.2) is 0 Å². The van der Waals surface area contributed by atoms with Gasteiger partial charge in [0.25, 0.3) is 0 Å². The van der Waals surface area contributed by atoms with Crippen LogP contribution in [-0.2, 0) is 4.79 Å². The van der Waals surface area contributed by atoms with Crippen molar-refractivity contribution in [3.8, 4) is 5.75 Å². The number of hydrogen-bond acceptors (Lipinski definition) is 3. The Labute approximate surface area is 119 Å². The van der Waals surface area contributed by atoms with Crippen molar-refractivity contribution in [3.63, 3.8) is 0 Å². The largest absolute Gasteiger partial charge is 0.481 e. The number of urea groups is 1. The lowest BCUT2D eigenvalue weighted by atomic mass is 9.97. The number of carbonyl (C=O) groups excluding carboxylic acids is 1. The van der Waals surface area contributed by atoms with E-state index in [0.717, 1.165) is 0 Å². The van der Waals surface area contributed by atoms with Gasteiger partial charge in [-0.1, -0.05) is 0 Å². The minimum atomic E-state index is -2.89. The number of carboxylic acid groups (broad SMARTS) is 1. The summed E-state index contributed by atoms with van der Waals surface area (Å²) in [5.41, 5.74) is 0.448. The van der Waals surface area contributed by atoms with E-state index in [9.17, 15) is 18.4 Å². The van der Waals surface area contributed by atoms with Crippen molar-refractivity contribution < 1.29 is 28.2 Å². The molecule has 21 heavy (non-hydrogen) atoms. The maximum absolute atomic E-state index is 12.0. The number of anilines is 1. The van der Waals surface area contributed by atoms with Crippen LogP contribution in [0, 0.1) is 5.92 Å². The van der Waals surface area contributed by atoms with Gasteiger partial charge < -0.3 is 20.1 Å². The number of likely N-dealkylation sites (tertiary alicyclic amines) is 1. The van der Waals surface area contributed by atoms with Crippen LogP contribution in [0.5, 0.6) is 5.75 Å². The van der Waals surface area contributed by atoms with E-state index in [1.165, 1.54) is 29.2 Å². The molecule has 0 saturated carbocycles. The molecule has 1 fully saturated rings. The second kappa shape index (κ2) is 6.38. The first-order valence-electron chi connectivity index (χ1n) is 6.26. The Morgan fingerprint density at radius 1 is 1.33 bits per heavy atom. The average molecular weight is 300 g/mol. The number of hydrogen-bond donors (Lipinski definition) is 2. The van der Waals surface area contributed by atoms with Gasteiger partial charge in [-0.25, -0.2) is 4.79 Å². The molecule has 6 nitrogen and oxygen atoms in total. The summed E-state index contributed by atoms with van der Waals surface area (Å²) in [6, 6.07) is 5.20. The number of carbonyl (C=O) groups is 2. The number of amides is 2. The van der Waals surface area contributed by atoms with Gasteiger partial charge in [-0.15, -0.1) is 0 Å². The van der Waals surface area contributed by atoms with E-state index in [0.29, 0.717) is 18.8 Å². The summed E-state index contributed by atoms with van der Waals surface area (Å²) in [5.74, 6) is -0.891. The van der Waals surface area contributed by atoms with Gasteiger partial charge in [0.2, 0.25) is 0 Å². The SMILES string of the molecule is O=C(O)CC1CN(C(=O)Nc2ccc(OC(F)F)cc2)C1. The first kappa shape index (κ1) is 15.0. The molecule has 0 unspecified atom stereocenters. The lowest BCUT2D eigenvalue weighted by molar-refractivity contribution is -0.139. The van der Waals surface area contributed by atoms with Crippen molar-refractivity contribution >= 4 is 17.7 Å². The zero-order chi connectivity index (χ0) is 15.4. The van der Waals surface area contributed by atoms with Crippen molar-refractivity contribution in [1.82, 2.24) is 4.90 Å². The summed E-state index contributed by atoms with van der Waals surface area (Å²) < 4.78 is 28.1. The van der Waals surface area contributed by atoms with Crippen molar-refractivity contribution in [3.05, 3.63) is 24.3 Å². The summed E-state index contributed by atoms with van der Waals surface area (Å²) in [6.45, 7) is -2.10. The summed E-state index contributed by atoms with van der Waals surface area (Å²) in [4.78, 5) is 23.8. The number of benzene rings is 1. The maximum atomic E-state index is 12.0. The van der Waals surface area contributed by atoms with Crippen LogP contribution in [-0.4, -0.2) is 41.7 Å². The van der Waals surface area contributed by atoms with E-state index in [4.69, 9.17) is 5.11 Å². The van der Waals surface area contributed by atoms with E-state index in [1.807, 2.05) is 0 Å². The first-order chi connectivity index (χ1) is 9.94.